The van der Waals surface area contributed by atoms with Crippen LogP contribution in [0.2, 0.25) is 0 Å². The summed E-state index contributed by atoms with van der Waals surface area (Å²) in [6.07, 6.45) is 0. The second-order valence-electron chi connectivity index (χ2n) is 4.61. The van der Waals surface area contributed by atoms with E-state index in [0.717, 1.165) is 18.2 Å². The maximum Gasteiger partial charge on any atom is 0.371 e. The normalized spacial score (nSPS) is 10.9. The highest BCUT2D eigenvalue weighted by Crippen LogP contribution is 2.28. The zero-order valence-corrected chi connectivity index (χ0v) is 11.5. The van der Waals surface area contributed by atoms with E-state index in [1.165, 1.54) is 0 Å². The molecule has 2 aromatic heterocycles. The maximum absolute atomic E-state index is 13.7. The molecular weight excluding hydrogens is 332 g/mol. The number of fused-ring (bicyclic) bond motifs is 1. The molecule has 0 atom stereocenters. The molecule has 10 heteroatoms. The maximum atomic E-state index is 13.7. The number of carbonyl (C=O) groups excluding carboxylic acids is 1. The Labute approximate surface area is 130 Å². The van der Waals surface area contributed by atoms with Crippen LogP contribution in [-0.2, 0) is 0 Å². The smallest absolute Gasteiger partial charge is 0.371 e. The fourth-order valence-corrected chi connectivity index (χ4v) is 1.95. The molecule has 0 amide bonds. The van der Waals surface area contributed by atoms with Gasteiger partial charge in [-0.05, 0) is 12.1 Å². The summed E-state index contributed by atoms with van der Waals surface area (Å²) >= 11 is 0. The van der Waals surface area contributed by atoms with E-state index in [9.17, 15) is 28.6 Å². The van der Waals surface area contributed by atoms with Gasteiger partial charge in [0.05, 0.1) is 0 Å². The van der Waals surface area contributed by atoms with Gasteiger partial charge in [-0.1, -0.05) is 0 Å². The Hall–Kier alpha value is -3.56. The topological polar surface area (TPSA) is 122 Å². The number of hydrogen-bond acceptors (Lipinski definition) is 7. The summed E-state index contributed by atoms with van der Waals surface area (Å²) in [6.45, 7) is 0. The molecule has 124 valence electrons. The minimum atomic E-state index is -1.50. The first kappa shape index (κ1) is 15.3. The molecular formula is C14H7F2NO7. The van der Waals surface area contributed by atoms with Crippen molar-refractivity contribution in [3.8, 4) is 17.5 Å². The van der Waals surface area contributed by atoms with E-state index in [1.807, 2.05) is 0 Å². The van der Waals surface area contributed by atoms with Crippen LogP contribution in [0.4, 0.5) is 8.78 Å². The lowest BCUT2D eigenvalue weighted by Crippen LogP contribution is -2.24. The van der Waals surface area contributed by atoms with Gasteiger partial charge in [0.25, 0.3) is 0 Å². The molecule has 0 radical (unpaired) electrons. The number of aromatic hydroxyl groups is 3. The fraction of sp³-hybridized carbons (Fsp3) is 0. The van der Waals surface area contributed by atoms with Crippen LogP contribution in [0.5, 0.6) is 17.5 Å². The summed E-state index contributed by atoms with van der Waals surface area (Å²) in [4.78, 5) is 28.3. The van der Waals surface area contributed by atoms with Gasteiger partial charge in [0.15, 0.2) is 17.1 Å². The molecule has 8 nitrogen and oxygen atoms in total. The van der Waals surface area contributed by atoms with Gasteiger partial charge in [-0.25, -0.2) is 14.0 Å². The molecule has 3 aromatic rings. The van der Waals surface area contributed by atoms with Gasteiger partial charge < -0.3 is 24.6 Å². The highest BCUT2D eigenvalue weighted by molar-refractivity contribution is 5.93. The van der Waals surface area contributed by atoms with E-state index >= 15 is 0 Å². The van der Waals surface area contributed by atoms with Crippen LogP contribution in [0.25, 0.3) is 11.0 Å². The van der Waals surface area contributed by atoms with Crippen molar-refractivity contribution in [2.75, 3.05) is 0 Å². The van der Waals surface area contributed by atoms with Crippen LogP contribution >= 0.6 is 0 Å². The van der Waals surface area contributed by atoms with E-state index < -0.39 is 51.9 Å². The zero-order valence-electron chi connectivity index (χ0n) is 11.5. The highest BCUT2D eigenvalue weighted by atomic mass is 19.1. The summed E-state index contributed by atoms with van der Waals surface area (Å²) in [5.74, 6) is -6.78. The van der Waals surface area contributed by atoms with Crippen molar-refractivity contribution in [1.29, 1.82) is 0 Å². The Bertz CT molecular complexity index is 1020. The van der Waals surface area contributed by atoms with Crippen molar-refractivity contribution in [2.24, 2.45) is 0 Å². The quantitative estimate of drug-likeness (QED) is 0.601. The van der Waals surface area contributed by atoms with Gasteiger partial charge in [0.2, 0.25) is 17.6 Å². The average Bonchev–Trinajstić information content (AvgIpc) is 2.85. The number of halogens is 2. The minimum Gasteiger partial charge on any atom is -0.503 e. The second kappa shape index (κ2) is 5.26. The summed E-state index contributed by atoms with van der Waals surface area (Å²) in [5, 5.41) is 27.6. The van der Waals surface area contributed by atoms with Crippen molar-refractivity contribution in [1.82, 2.24) is 4.73 Å². The van der Waals surface area contributed by atoms with Crippen LogP contribution in [0, 0.1) is 11.6 Å². The van der Waals surface area contributed by atoms with Crippen molar-refractivity contribution < 1.29 is 38.1 Å². The SMILES string of the molecule is O=C(On1c(O)ccc1O)c1cc2cc(F)c(O)c(F)c2oc1=O. The molecule has 24 heavy (non-hydrogen) atoms. The van der Waals surface area contributed by atoms with Crippen molar-refractivity contribution in [3.63, 3.8) is 0 Å². The van der Waals surface area contributed by atoms with Crippen molar-refractivity contribution in [3.05, 3.63) is 51.9 Å². The molecule has 3 N–H and O–H groups in total. The van der Waals surface area contributed by atoms with Gasteiger partial charge >= 0.3 is 11.6 Å². The van der Waals surface area contributed by atoms with Crippen LogP contribution in [0.3, 0.4) is 0 Å². The van der Waals surface area contributed by atoms with Gasteiger partial charge in [0, 0.05) is 17.5 Å². The van der Waals surface area contributed by atoms with Crippen LogP contribution in [-0.4, -0.2) is 26.0 Å². The summed E-state index contributed by atoms with van der Waals surface area (Å²) in [7, 11) is 0. The lowest BCUT2D eigenvalue weighted by atomic mass is 10.1. The molecule has 0 spiro atoms. The van der Waals surface area contributed by atoms with Crippen LogP contribution in [0.15, 0.2) is 33.5 Å². The third kappa shape index (κ3) is 2.29. The minimum absolute atomic E-state index is 0.323. The Morgan fingerprint density at radius 3 is 2.38 bits per heavy atom. The van der Waals surface area contributed by atoms with Crippen molar-refractivity contribution in [2.45, 2.75) is 0 Å². The number of aromatic nitrogens is 1. The van der Waals surface area contributed by atoms with Crippen LogP contribution < -0.4 is 10.5 Å². The lowest BCUT2D eigenvalue weighted by Gasteiger charge is -2.07. The van der Waals surface area contributed by atoms with E-state index in [4.69, 9.17) is 5.11 Å². The number of phenols is 1. The van der Waals surface area contributed by atoms with E-state index in [2.05, 4.69) is 9.25 Å². The van der Waals surface area contributed by atoms with Gasteiger partial charge in [-0.15, -0.1) is 4.73 Å². The monoisotopic (exact) mass is 339 g/mol. The first-order chi connectivity index (χ1) is 11.3. The molecule has 0 aliphatic carbocycles. The number of phenolic OH excluding ortho intramolecular Hbond substituents is 1. The molecule has 1 aromatic carbocycles. The third-order valence-electron chi connectivity index (χ3n) is 3.08. The molecule has 2 heterocycles. The molecule has 0 aliphatic rings. The average molecular weight is 339 g/mol. The lowest BCUT2D eigenvalue weighted by molar-refractivity contribution is 0.0377. The molecule has 0 unspecified atom stereocenters. The second-order valence-corrected chi connectivity index (χ2v) is 4.61. The number of hydrogen-bond donors (Lipinski definition) is 3. The first-order valence-corrected chi connectivity index (χ1v) is 6.26. The molecule has 0 saturated heterocycles. The predicted molar refractivity (Wildman–Crippen MR) is 72.7 cm³/mol. The largest absolute Gasteiger partial charge is 0.503 e. The van der Waals surface area contributed by atoms with Gasteiger partial charge in [0.1, 0.15) is 5.56 Å². The Morgan fingerprint density at radius 1 is 1.12 bits per heavy atom. The molecule has 0 aliphatic heterocycles. The van der Waals surface area contributed by atoms with Gasteiger partial charge in [-0.3, -0.25) is 0 Å². The number of nitrogens with zero attached hydrogens (tertiary/aromatic N) is 1. The zero-order chi connectivity index (χ0) is 17.6. The molecule has 0 bridgehead atoms. The standard InChI is InChI=1S/C14H7F2NO7/c15-7-4-5-3-6(13(21)23-12(5)10(16)11(7)20)14(22)24-17-8(18)1-2-9(17)19/h1-4,18-20H. The third-order valence-corrected chi connectivity index (χ3v) is 3.08. The van der Waals surface area contributed by atoms with Crippen molar-refractivity contribution >= 4 is 16.9 Å². The predicted octanol–water partition coefficient (Wildman–Crippen LogP) is 1.26. The first-order valence-electron chi connectivity index (χ1n) is 6.26. The Kier molecular flexibility index (Phi) is 3.36. The van der Waals surface area contributed by atoms with E-state index in [-0.39, 0.29) is 5.39 Å². The molecule has 0 saturated carbocycles. The summed E-state index contributed by atoms with van der Waals surface area (Å²) < 4.78 is 31.9. The summed E-state index contributed by atoms with van der Waals surface area (Å²) in [6, 6.07) is 3.46. The Morgan fingerprint density at radius 2 is 1.75 bits per heavy atom. The molecule has 3 rings (SSSR count). The summed E-state index contributed by atoms with van der Waals surface area (Å²) in [5.41, 5.74) is -2.83. The number of rotatable bonds is 2. The fourth-order valence-electron chi connectivity index (χ4n) is 1.95. The van der Waals surface area contributed by atoms with E-state index in [1.54, 1.807) is 0 Å². The molecule has 0 fully saturated rings. The number of benzene rings is 1. The Balaban J connectivity index is 2.10. The number of carbonyl (C=O) groups is 1. The van der Waals surface area contributed by atoms with E-state index in [0.29, 0.717) is 10.8 Å². The highest BCUT2D eigenvalue weighted by Gasteiger charge is 2.22. The van der Waals surface area contributed by atoms with Gasteiger partial charge in [-0.2, -0.15) is 4.39 Å². The van der Waals surface area contributed by atoms with Crippen LogP contribution in [0.1, 0.15) is 10.4 Å².